The van der Waals surface area contributed by atoms with Gasteiger partial charge in [-0.15, -0.1) is 0 Å². The Kier molecular flexibility index (Phi) is 6.06. The fourth-order valence-corrected chi connectivity index (χ4v) is 3.49. The average molecular weight is 403 g/mol. The van der Waals surface area contributed by atoms with Gasteiger partial charge in [-0.3, -0.25) is 0 Å². The largest absolute Gasteiger partial charge is 0.495 e. The third-order valence-electron chi connectivity index (χ3n) is 2.93. The summed E-state index contributed by atoms with van der Waals surface area (Å²) in [6.45, 7) is 1.72. The monoisotopic (exact) mass is 401 g/mol. The lowest BCUT2D eigenvalue weighted by Gasteiger charge is -2.12. The van der Waals surface area contributed by atoms with Crippen molar-refractivity contribution in [2.75, 3.05) is 13.7 Å². The Bertz CT molecular complexity index is 544. The van der Waals surface area contributed by atoms with Crippen LogP contribution in [0.3, 0.4) is 0 Å². The van der Waals surface area contributed by atoms with E-state index >= 15 is 0 Å². The van der Waals surface area contributed by atoms with Crippen molar-refractivity contribution in [3.63, 3.8) is 0 Å². The molecule has 0 spiro atoms. The molecule has 2 rings (SSSR count). The number of nitrogens with zero attached hydrogens (tertiary/aromatic N) is 1. The van der Waals surface area contributed by atoms with Gasteiger partial charge in [0.1, 0.15) is 11.6 Å². The van der Waals surface area contributed by atoms with Crippen LogP contribution in [0.2, 0.25) is 0 Å². The van der Waals surface area contributed by atoms with Gasteiger partial charge in [0, 0.05) is 35.4 Å². The molecule has 6 heteroatoms. The van der Waals surface area contributed by atoms with E-state index in [1.54, 1.807) is 13.3 Å². The minimum atomic E-state index is 0.777. The second-order valence-electron chi connectivity index (χ2n) is 4.40. The molecule has 1 heterocycles. The molecule has 0 bridgehead atoms. The van der Waals surface area contributed by atoms with Crippen molar-refractivity contribution in [2.45, 2.75) is 19.4 Å². The molecule has 0 saturated heterocycles. The molecule has 4 nitrogen and oxygen atoms in total. The van der Waals surface area contributed by atoms with Crippen LogP contribution in [-0.4, -0.2) is 23.6 Å². The van der Waals surface area contributed by atoms with Gasteiger partial charge in [-0.05, 0) is 41.0 Å². The molecule has 0 unspecified atom stereocenters. The Morgan fingerprint density at radius 3 is 2.90 bits per heavy atom. The number of aromatic amines is 1. The first-order valence-electron chi connectivity index (χ1n) is 6.41. The van der Waals surface area contributed by atoms with E-state index < -0.39 is 0 Å². The summed E-state index contributed by atoms with van der Waals surface area (Å²) >= 11 is 7.01. The van der Waals surface area contributed by atoms with Gasteiger partial charge >= 0.3 is 0 Å². The molecule has 20 heavy (non-hydrogen) atoms. The Balaban J connectivity index is 1.81. The van der Waals surface area contributed by atoms with E-state index in [1.807, 2.05) is 12.3 Å². The third kappa shape index (κ3) is 4.33. The van der Waals surface area contributed by atoms with Crippen LogP contribution in [-0.2, 0) is 13.0 Å². The standard InChI is InChI=1S/C14H17Br2N3O/c1-20-14-10(7-11(15)8-12(14)16)9-17-4-2-3-13-18-5-6-19-13/h5-8,17H,2-4,9H2,1H3,(H,18,19). The van der Waals surface area contributed by atoms with Crippen molar-refractivity contribution < 1.29 is 4.74 Å². The number of H-pyrrole nitrogens is 1. The van der Waals surface area contributed by atoms with Crippen molar-refractivity contribution in [1.82, 2.24) is 15.3 Å². The number of rotatable bonds is 7. The van der Waals surface area contributed by atoms with E-state index in [0.29, 0.717) is 0 Å². The van der Waals surface area contributed by atoms with Crippen molar-refractivity contribution in [3.8, 4) is 5.75 Å². The first kappa shape index (κ1) is 15.5. The molecule has 0 amide bonds. The van der Waals surface area contributed by atoms with E-state index in [-0.39, 0.29) is 0 Å². The minimum absolute atomic E-state index is 0.777. The van der Waals surface area contributed by atoms with Gasteiger partial charge in [-0.1, -0.05) is 15.9 Å². The van der Waals surface area contributed by atoms with Crippen molar-refractivity contribution in [3.05, 3.63) is 44.9 Å². The Hall–Kier alpha value is -0.850. The van der Waals surface area contributed by atoms with E-state index in [4.69, 9.17) is 4.74 Å². The van der Waals surface area contributed by atoms with E-state index in [2.05, 4.69) is 53.2 Å². The van der Waals surface area contributed by atoms with Crippen LogP contribution in [0.5, 0.6) is 5.75 Å². The topological polar surface area (TPSA) is 49.9 Å². The fourth-order valence-electron chi connectivity index (χ4n) is 2.01. The van der Waals surface area contributed by atoms with Gasteiger partial charge in [0.25, 0.3) is 0 Å². The normalized spacial score (nSPS) is 10.8. The van der Waals surface area contributed by atoms with Crippen LogP contribution < -0.4 is 10.1 Å². The maximum Gasteiger partial charge on any atom is 0.137 e. The van der Waals surface area contributed by atoms with Crippen LogP contribution in [0.4, 0.5) is 0 Å². The molecular weight excluding hydrogens is 386 g/mol. The van der Waals surface area contributed by atoms with Gasteiger partial charge in [-0.25, -0.2) is 4.98 Å². The number of hydrogen-bond donors (Lipinski definition) is 2. The molecule has 108 valence electrons. The predicted molar refractivity (Wildman–Crippen MR) is 87.0 cm³/mol. The Labute approximate surface area is 135 Å². The number of methoxy groups -OCH3 is 1. The maximum absolute atomic E-state index is 5.42. The number of nitrogens with one attached hydrogen (secondary N) is 2. The highest BCUT2D eigenvalue weighted by Crippen LogP contribution is 2.32. The summed E-state index contributed by atoms with van der Waals surface area (Å²) in [6.07, 6.45) is 5.64. The highest BCUT2D eigenvalue weighted by Gasteiger charge is 2.08. The molecule has 1 aromatic carbocycles. The second kappa shape index (κ2) is 7.81. The maximum atomic E-state index is 5.42. The van der Waals surface area contributed by atoms with E-state index in [0.717, 1.165) is 52.0 Å². The minimum Gasteiger partial charge on any atom is -0.495 e. The summed E-state index contributed by atoms with van der Waals surface area (Å²) in [6, 6.07) is 4.06. The van der Waals surface area contributed by atoms with Crippen LogP contribution in [0, 0.1) is 0 Å². The number of aryl methyl sites for hydroxylation is 1. The highest BCUT2D eigenvalue weighted by atomic mass is 79.9. The summed E-state index contributed by atoms with van der Waals surface area (Å²) in [5, 5.41) is 3.43. The summed E-state index contributed by atoms with van der Waals surface area (Å²) in [7, 11) is 1.69. The molecule has 0 radical (unpaired) electrons. The van der Waals surface area contributed by atoms with Gasteiger partial charge in [0.15, 0.2) is 0 Å². The zero-order valence-electron chi connectivity index (χ0n) is 11.2. The highest BCUT2D eigenvalue weighted by molar-refractivity contribution is 9.11. The second-order valence-corrected chi connectivity index (χ2v) is 6.17. The molecular formula is C14H17Br2N3O. The fraction of sp³-hybridized carbons (Fsp3) is 0.357. The van der Waals surface area contributed by atoms with E-state index in [1.165, 1.54) is 0 Å². The third-order valence-corrected chi connectivity index (χ3v) is 3.97. The average Bonchev–Trinajstić information content (AvgIpc) is 2.91. The van der Waals surface area contributed by atoms with Gasteiger partial charge < -0.3 is 15.0 Å². The summed E-state index contributed by atoms with van der Waals surface area (Å²) in [4.78, 5) is 7.31. The summed E-state index contributed by atoms with van der Waals surface area (Å²) in [5.41, 5.74) is 1.13. The van der Waals surface area contributed by atoms with Gasteiger partial charge in [0.05, 0.1) is 11.6 Å². The number of imidazole rings is 1. The molecule has 2 aromatic rings. The molecule has 0 aliphatic carbocycles. The smallest absolute Gasteiger partial charge is 0.137 e. The first-order valence-corrected chi connectivity index (χ1v) is 8.00. The number of hydrogen-bond acceptors (Lipinski definition) is 3. The zero-order chi connectivity index (χ0) is 14.4. The predicted octanol–water partition coefficient (Wildman–Crippen LogP) is 3.67. The lowest BCUT2D eigenvalue weighted by atomic mass is 10.2. The number of aromatic nitrogens is 2. The molecule has 0 fully saturated rings. The Morgan fingerprint density at radius 1 is 1.35 bits per heavy atom. The van der Waals surface area contributed by atoms with Crippen molar-refractivity contribution >= 4 is 31.9 Å². The zero-order valence-corrected chi connectivity index (χ0v) is 14.4. The summed E-state index contributed by atoms with van der Waals surface area (Å²) in [5.74, 6) is 1.92. The number of ether oxygens (including phenoxy) is 1. The van der Waals surface area contributed by atoms with Crippen LogP contribution in [0.1, 0.15) is 17.8 Å². The van der Waals surface area contributed by atoms with E-state index in [9.17, 15) is 0 Å². The van der Waals surface area contributed by atoms with Crippen LogP contribution in [0.15, 0.2) is 33.5 Å². The van der Waals surface area contributed by atoms with Crippen molar-refractivity contribution in [2.24, 2.45) is 0 Å². The molecule has 0 saturated carbocycles. The molecule has 1 aromatic heterocycles. The van der Waals surface area contributed by atoms with Gasteiger partial charge in [-0.2, -0.15) is 0 Å². The molecule has 0 aliphatic heterocycles. The van der Waals surface area contributed by atoms with Crippen LogP contribution in [0.25, 0.3) is 0 Å². The van der Waals surface area contributed by atoms with Crippen molar-refractivity contribution in [1.29, 1.82) is 0 Å². The lowest BCUT2D eigenvalue weighted by molar-refractivity contribution is 0.405. The number of benzene rings is 1. The first-order chi connectivity index (χ1) is 9.70. The SMILES string of the molecule is COc1c(Br)cc(Br)cc1CNCCCc1ncc[nH]1. The summed E-state index contributed by atoms with van der Waals surface area (Å²) < 4.78 is 7.42. The molecule has 0 atom stereocenters. The van der Waals surface area contributed by atoms with Crippen LogP contribution >= 0.6 is 31.9 Å². The molecule has 0 aliphatic rings. The Morgan fingerprint density at radius 2 is 2.20 bits per heavy atom. The van der Waals surface area contributed by atoms with Gasteiger partial charge in [0.2, 0.25) is 0 Å². The lowest BCUT2D eigenvalue weighted by Crippen LogP contribution is -2.16. The quantitative estimate of drug-likeness (QED) is 0.694. The number of halogens is 2. The molecule has 2 N–H and O–H groups in total.